The molecule has 0 bridgehead atoms. The van der Waals surface area contributed by atoms with Gasteiger partial charge in [0.05, 0.1) is 10.8 Å². The van der Waals surface area contributed by atoms with Crippen molar-refractivity contribution in [2.75, 3.05) is 11.1 Å². The summed E-state index contributed by atoms with van der Waals surface area (Å²) in [5, 5.41) is 12.3. The summed E-state index contributed by atoms with van der Waals surface area (Å²) >= 11 is 7.09. The average molecular weight is 432 g/mol. The molecule has 0 aliphatic rings. The zero-order valence-electron chi connectivity index (χ0n) is 16.6. The number of aryl methyl sites for hydroxylation is 2. The first-order valence-electron chi connectivity index (χ1n) is 9.01. The molecule has 1 unspecified atom stereocenters. The number of anilines is 1. The molecule has 1 atom stereocenters. The Hall–Kier alpha value is -2.58. The number of hydrogen-bond donors (Lipinski definition) is 1. The first-order chi connectivity index (χ1) is 13.8. The fourth-order valence-electron chi connectivity index (χ4n) is 2.61. The van der Waals surface area contributed by atoms with Crippen molar-refractivity contribution in [3.8, 4) is 5.75 Å². The van der Waals surface area contributed by atoms with Gasteiger partial charge in [-0.05, 0) is 56.2 Å². The zero-order valence-corrected chi connectivity index (χ0v) is 18.2. The lowest BCUT2D eigenvalue weighted by molar-refractivity contribution is -0.113. The van der Waals surface area contributed by atoms with Crippen LogP contribution in [0.25, 0.3) is 0 Å². The largest absolute Gasteiger partial charge is 0.483 e. The summed E-state index contributed by atoms with van der Waals surface area (Å²) in [4.78, 5) is 16.2. The molecule has 0 radical (unpaired) electrons. The summed E-state index contributed by atoms with van der Waals surface area (Å²) in [6, 6.07) is 9.30. The molecule has 9 heteroatoms. The minimum Gasteiger partial charge on any atom is -0.483 e. The number of nitrogens with one attached hydrogen (secondary N) is 1. The third-order valence-electron chi connectivity index (χ3n) is 4.35. The molecule has 3 rings (SSSR count). The topological polar surface area (TPSA) is 81.9 Å². The van der Waals surface area contributed by atoms with Crippen LogP contribution in [-0.4, -0.2) is 31.4 Å². The number of rotatable bonds is 7. The number of aromatic nitrogens is 4. The van der Waals surface area contributed by atoms with Crippen molar-refractivity contribution < 1.29 is 9.53 Å². The van der Waals surface area contributed by atoms with Crippen LogP contribution in [0.15, 0.2) is 41.7 Å². The van der Waals surface area contributed by atoms with Crippen LogP contribution in [0, 0.1) is 13.8 Å². The summed E-state index contributed by atoms with van der Waals surface area (Å²) in [7, 11) is 1.86. The summed E-state index contributed by atoms with van der Waals surface area (Å²) < 4.78 is 7.85. The van der Waals surface area contributed by atoms with Crippen LogP contribution in [0.5, 0.6) is 5.75 Å². The molecule has 0 fully saturated rings. The number of pyridine rings is 1. The number of halogens is 1. The molecule has 0 saturated carbocycles. The Morgan fingerprint density at radius 3 is 2.72 bits per heavy atom. The van der Waals surface area contributed by atoms with E-state index in [4.69, 9.17) is 16.3 Å². The van der Waals surface area contributed by atoms with Crippen molar-refractivity contribution >= 4 is 35.1 Å². The Kier molecular flexibility index (Phi) is 6.76. The summed E-state index contributed by atoms with van der Waals surface area (Å²) in [6.07, 6.45) is 1.20. The highest BCUT2D eigenvalue weighted by molar-refractivity contribution is 7.99. The van der Waals surface area contributed by atoms with Gasteiger partial charge in [0.25, 0.3) is 0 Å². The van der Waals surface area contributed by atoms with Crippen LogP contribution in [0.2, 0.25) is 5.02 Å². The fourth-order valence-corrected chi connectivity index (χ4v) is 3.44. The van der Waals surface area contributed by atoms with Crippen molar-refractivity contribution in [1.82, 2.24) is 19.7 Å². The monoisotopic (exact) mass is 431 g/mol. The molecular weight excluding hydrogens is 410 g/mol. The van der Waals surface area contributed by atoms with Gasteiger partial charge in [0.1, 0.15) is 11.6 Å². The third-order valence-corrected chi connectivity index (χ3v) is 5.59. The Bertz CT molecular complexity index is 1010. The number of benzene rings is 1. The molecule has 3 aromatic rings. The summed E-state index contributed by atoms with van der Waals surface area (Å²) in [5.41, 5.74) is 2.39. The molecule has 0 aliphatic heterocycles. The van der Waals surface area contributed by atoms with Gasteiger partial charge in [0, 0.05) is 13.2 Å². The Balaban J connectivity index is 1.58. The molecule has 7 nitrogen and oxygen atoms in total. The van der Waals surface area contributed by atoms with Crippen LogP contribution < -0.4 is 10.1 Å². The van der Waals surface area contributed by atoms with Gasteiger partial charge in [-0.25, -0.2) is 4.98 Å². The van der Waals surface area contributed by atoms with E-state index in [1.54, 1.807) is 12.1 Å². The highest BCUT2D eigenvalue weighted by atomic mass is 35.5. The number of ether oxygens (including phenoxy) is 1. The van der Waals surface area contributed by atoms with Gasteiger partial charge in [-0.15, -0.1) is 10.2 Å². The van der Waals surface area contributed by atoms with Gasteiger partial charge in [-0.1, -0.05) is 29.4 Å². The van der Waals surface area contributed by atoms with Crippen molar-refractivity contribution in [3.05, 3.63) is 58.5 Å². The van der Waals surface area contributed by atoms with Gasteiger partial charge in [0.2, 0.25) is 5.91 Å². The quantitative estimate of drug-likeness (QED) is 0.560. The van der Waals surface area contributed by atoms with Crippen LogP contribution in [0.3, 0.4) is 0 Å². The second kappa shape index (κ2) is 9.28. The van der Waals surface area contributed by atoms with E-state index in [9.17, 15) is 4.79 Å². The number of carbonyl (C=O) groups excluding carboxylic acids is 1. The number of carbonyl (C=O) groups is 1. The van der Waals surface area contributed by atoms with E-state index in [0.717, 1.165) is 5.75 Å². The molecule has 1 N–H and O–H groups in total. The molecule has 152 valence electrons. The summed E-state index contributed by atoms with van der Waals surface area (Å²) in [5.74, 6) is 1.92. The molecule has 2 heterocycles. The van der Waals surface area contributed by atoms with E-state index in [1.807, 2.05) is 36.7 Å². The molecule has 0 spiro atoms. The SMILES string of the molecule is Cc1ccc(OC(C)c2nnc(SCC(=O)Nc3ccc(Cl)cn3)n2C)cc1C. The third kappa shape index (κ3) is 5.48. The maximum atomic E-state index is 12.1. The van der Waals surface area contributed by atoms with Crippen molar-refractivity contribution in [2.24, 2.45) is 7.05 Å². The minimum atomic E-state index is -0.281. The molecule has 1 amide bonds. The van der Waals surface area contributed by atoms with E-state index in [2.05, 4.69) is 34.3 Å². The average Bonchev–Trinajstić information content (AvgIpc) is 3.05. The number of nitrogens with zero attached hydrogens (tertiary/aromatic N) is 4. The van der Waals surface area contributed by atoms with Gasteiger partial charge in [-0.2, -0.15) is 0 Å². The highest BCUT2D eigenvalue weighted by Crippen LogP contribution is 2.25. The van der Waals surface area contributed by atoms with Gasteiger partial charge < -0.3 is 14.6 Å². The highest BCUT2D eigenvalue weighted by Gasteiger charge is 2.18. The fraction of sp³-hybridized carbons (Fsp3) is 0.300. The zero-order chi connectivity index (χ0) is 21.0. The number of thioether (sulfide) groups is 1. The van der Waals surface area contributed by atoms with E-state index in [0.29, 0.717) is 21.8 Å². The lowest BCUT2D eigenvalue weighted by Crippen LogP contribution is -2.15. The van der Waals surface area contributed by atoms with Crippen LogP contribution >= 0.6 is 23.4 Å². The molecular formula is C20H22ClN5O2S. The second-order valence-electron chi connectivity index (χ2n) is 6.60. The molecule has 0 aliphatic carbocycles. The molecule has 29 heavy (non-hydrogen) atoms. The number of amides is 1. The first-order valence-corrected chi connectivity index (χ1v) is 10.4. The molecule has 1 aromatic carbocycles. The van der Waals surface area contributed by atoms with E-state index >= 15 is 0 Å². The predicted octanol–water partition coefficient (Wildman–Crippen LogP) is 4.35. The van der Waals surface area contributed by atoms with Crippen LogP contribution in [-0.2, 0) is 11.8 Å². The second-order valence-corrected chi connectivity index (χ2v) is 7.98. The van der Waals surface area contributed by atoms with E-state index < -0.39 is 0 Å². The van der Waals surface area contributed by atoms with E-state index in [-0.39, 0.29) is 17.8 Å². The standard InChI is InChI=1S/C20H22ClN5O2S/c1-12-5-7-16(9-13(12)2)28-14(3)19-24-25-20(26(19)4)29-11-18(27)23-17-8-6-15(21)10-22-17/h5-10,14H,11H2,1-4H3,(H,22,23,27). The smallest absolute Gasteiger partial charge is 0.236 e. The normalized spacial score (nSPS) is 11.9. The van der Waals surface area contributed by atoms with Crippen molar-refractivity contribution in [2.45, 2.75) is 32.0 Å². The minimum absolute atomic E-state index is 0.183. The lowest BCUT2D eigenvalue weighted by atomic mass is 10.1. The molecule has 0 saturated heterocycles. The van der Waals surface area contributed by atoms with Crippen molar-refractivity contribution in [1.29, 1.82) is 0 Å². The Morgan fingerprint density at radius 1 is 1.24 bits per heavy atom. The van der Waals surface area contributed by atoms with Crippen LogP contribution in [0.1, 0.15) is 30.0 Å². The van der Waals surface area contributed by atoms with Gasteiger partial charge >= 0.3 is 0 Å². The maximum Gasteiger partial charge on any atom is 0.236 e. The van der Waals surface area contributed by atoms with Crippen LogP contribution in [0.4, 0.5) is 5.82 Å². The van der Waals surface area contributed by atoms with Gasteiger partial charge in [0.15, 0.2) is 17.1 Å². The Morgan fingerprint density at radius 2 is 2.03 bits per heavy atom. The lowest BCUT2D eigenvalue weighted by Gasteiger charge is -2.15. The van der Waals surface area contributed by atoms with Crippen molar-refractivity contribution in [3.63, 3.8) is 0 Å². The first kappa shape index (κ1) is 21.1. The Labute approximate surface area is 178 Å². The molecule has 2 aromatic heterocycles. The summed E-state index contributed by atoms with van der Waals surface area (Å²) in [6.45, 7) is 6.04. The van der Waals surface area contributed by atoms with Gasteiger partial charge in [-0.3, -0.25) is 4.79 Å². The maximum absolute atomic E-state index is 12.1. The predicted molar refractivity (Wildman–Crippen MR) is 115 cm³/mol. The number of hydrogen-bond acceptors (Lipinski definition) is 6. The van der Waals surface area contributed by atoms with E-state index in [1.165, 1.54) is 29.1 Å².